The molecule has 32 heavy (non-hydrogen) atoms. The molecule has 4 rings (SSSR count). The van der Waals surface area contributed by atoms with Gasteiger partial charge in [0.1, 0.15) is 0 Å². The van der Waals surface area contributed by atoms with Gasteiger partial charge in [0.15, 0.2) is 0 Å². The first-order valence-corrected chi connectivity index (χ1v) is 12.5. The van der Waals surface area contributed by atoms with E-state index < -0.39 is 5.41 Å². The molecule has 0 saturated carbocycles. The van der Waals surface area contributed by atoms with Crippen LogP contribution in [-0.2, 0) is 30.8 Å². The summed E-state index contributed by atoms with van der Waals surface area (Å²) >= 11 is 1.30. The van der Waals surface area contributed by atoms with E-state index in [1.165, 1.54) is 31.0 Å². The Labute approximate surface area is 197 Å². The van der Waals surface area contributed by atoms with Crippen molar-refractivity contribution < 1.29 is 24.2 Å². The molecule has 0 aliphatic heterocycles. The van der Waals surface area contributed by atoms with Crippen molar-refractivity contribution in [3.8, 4) is 0 Å². The molecule has 0 aliphatic carbocycles. The Morgan fingerprint density at radius 2 is 1.44 bits per heavy atom. The van der Waals surface area contributed by atoms with Crippen molar-refractivity contribution in [2.75, 3.05) is 0 Å². The van der Waals surface area contributed by atoms with Gasteiger partial charge in [-0.1, -0.05) is 0 Å². The second-order valence-corrected chi connectivity index (χ2v) is 10.3. The first-order chi connectivity index (χ1) is 15.5. The molecule has 0 aliphatic rings. The van der Waals surface area contributed by atoms with E-state index in [2.05, 4.69) is 61.5 Å². The molecule has 167 valence electrons. The SMILES string of the molecule is CC[CH]([Co][CH2]C(C)(C)C(=O)OCc1c2ccccc2cc2ccccc12)c1ccccc1. The molecule has 0 spiro atoms. The van der Waals surface area contributed by atoms with Gasteiger partial charge in [-0.3, -0.25) is 0 Å². The Morgan fingerprint density at radius 3 is 2.03 bits per heavy atom. The van der Waals surface area contributed by atoms with Crippen LogP contribution in [0, 0.1) is 5.41 Å². The summed E-state index contributed by atoms with van der Waals surface area (Å²) in [7, 11) is 0. The Balaban J connectivity index is 1.49. The minimum atomic E-state index is -0.539. The average Bonchev–Trinajstić information content (AvgIpc) is 2.82. The van der Waals surface area contributed by atoms with Crippen LogP contribution in [0.5, 0.6) is 0 Å². The van der Waals surface area contributed by atoms with Crippen LogP contribution in [0.1, 0.15) is 43.2 Å². The maximum absolute atomic E-state index is 13.1. The van der Waals surface area contributed by atoms with Crippen molar-refractivity contribution in [3.05, 3.63) is 96.1 Å². The van der Waals surface area contributed by atoms with Gasteiger partial charge in [0.05, 0.1) is 0 Å². The van der Waals surface area contributed by atoms with Crippen LogP contribution < -0.4 is 0 Å². The molecule has 3 heteroatoms. The summed E-state index contributed by atoms with van der Waals surface area (Å²) in [4.78, 5) is 13.6. The van der Waals surface area contributed by atoms with Crippen molar-refractivity contribution in [2.24, 2.45) is 5.41 Å². The zero-order valence-corrected chi connectivity index (χ0v) is 20.0. The number of esters is 1. The fraction of sp³-hybridized carbons (Fsp3) is 0.276. The van der Waals surface area contributed by atoms with E-state index >= 15 is 0 Å². The number of fused-ring (bicyclic) bond motifs is 2. The molecule has 0 radical (unpaired) electrons. The van der Waals surface area contributed by atoms with E-state index in [0.717, 1.165) is 28.1 Å². The predicted molar refractivity (Wildman–Crippen MR) is 129 cm³/mol. The molecule has 1 unspecified atom stereocenters. The fourth-order valence-electron chi connectivity index (χ4n) is 3.96. The van der Waals surface area contributed by atoms with Gasteiger partial charge in [-0.05, 0) is 0 Å². The normalized spacial score (nSPS) is 12.8. The molecule has 0 fully saturated rings. The molecule has 0 saturated heterocycles. The number of carbonyl (C=O) groups excluding carboxylic acids is 1. The van der Waals surface area contributed by atoms with Gasteiger partial charge in [0.2, 0.25) is 0 Å². The van der Waals surface area contributed by atoms with Crippen molar-refractivity contribution in [3.63, 3.8) is 0 Å². The molecule has 4 aromatic rings. The quantitative estimate of drug-likeness (QED) is 0.195. The molecule has 1 atom stereocenters. The summed E-state index contributed by atoms with van der Waals surface area (Å²) in [5, 5.41) is 5.40. The maximum atomic E-state index is 13.1. The van der Waals surface area contributed by atoms with Crippen molar-refractivity contribution >= 4 is 27.5 Å². The van der Waals surface area contributed by atoms with E-state index in [1.54, 1.807) is 0 Å². The van der Waals surface area contributed by atoms with E-state index in [0.29, 0.717) is 4.85 Å². The summed E-state index contributed by atoms with van der Waals surface area (Å²) < 4.78 is 5.94. The Bertz CT molecular complexity index is 1160. The zero-order chi connectivity index (χ0) is 22.6. The van der Waals surface area contributed by atoms with Gasteiger partial charge in [0, 0.05) is 0 Å². The predicted octanol–water partition coefficient (Wildman–Crippen LogP) is 7.71. The average molecular weight is 469 g/mol. The van der Waals surface area contributed by atoms with Gasteiger partial charge in [-0.25, -0.2) is 0 Å². The van der Waals surface area contributed by atoms with E-state index in [1.807, 2.05) is 44.2 Å². The summed E-state index contributed by atoms with van der Waals surface area (Å²) in [6.45, 7) is 6.50. The van der Waals surface area contributed by atoms with Gasteiger partial charge < -0.3 is 0 Å². The first-order valence-electron chi connectivity index (χ1n) is 11.1. The van der Waals surface area contributed by atoms with E-state index in [9.17, 15) is 4.79 Å². The van der Waals surface area contributed by atoms with Crippen molar-refractivity contribution in [1.82, 2.24) is 0 Å². The number of rotatable bonds is 8. The van der Waals surface area contributed by atoms with Crippen molar-refractivity contribution in [2.45, 2.75) is 44.0 Å². The molecular weight excluding hydrogens is 439 g/mol. The summed E-state index contributed by atoms with van der Waals surface area (Å²) in [5.41, 5.74) is 1.87. The number of ether oxygens (including phenoxy) is 1. The topological polar surface area (TPSA) is 26.3 Å². The fourth-order valence-corrected chi connectivity index (χ4v) is 5.64. The van der Waals surface area contributed by atoms with Crippen LogP contribution in [0.4, 0.5) is 0 Å². The third-order valence-electron chi connectivity index (χ3n) is 5.80. The number of hydrogen-bond donors (Lipinski definition) is 0. The monoisotopic (exact) mass is 469 g/mol. The third-order valence-corrected chi connectivity index (χ3v) is 8.21. The Kier molecular flexibility index (Phi) is 6.97. The molecule has 0 heterocycles. The summed E-state index contributed by atoms with van der Waals surface area (Å²) in [5.74, 6) is -0.135. The van der Waals surface area contributed by atoms with Crippen LogP contribution >= 0.6 is 0 Å². The van der Waals surface area contributed by atoms with Gasteiger partial charge >= 0.3 is 197 Å². The molecule has 0 N–H and O–H groups in total. The van der Waals surface area contributed by atoms with Gasteiger partial charge in [-0.15, -0.1) is 0 Å². The van der Waals surface area contributed by atoms with E-state index in [-0.39, 0.29) is 12.6 Å². The minimum absolute atomic E-state index is 0.135. The first kappa shape index (κ1) is 22.6. The molecule has 2 nitrogen and oxygen atoms in total. The second kappa shape index (κ2) is 9.89. The van der Waals surface area contributed by atoms with Crippen LogP contribution in [0.2, 0.25) is 5.36 Å². The molecular formula is C29H30CoO2. The van der Waals surface area contributed by atoms with Gasteiger partial charge in [-0.2, -0.15) is 0 Å². The number of carbonyl (C=O) groups is 1. The number of benzene rings is 4. The van der Waals surface area contributed by atoms with Gasteiger partial charge in [0.25, 0.3) is 0 Å². The Hall–Kier alpha value is -2.62. The van der Waals surface area contributed by atoms with E-state index in [4.69, 9.17) is 4.74 Å². The van der Waals surface area contributed by atoms with Crippen LogP contribution in [0.25, 0.3) is 21.5 Å². The molecule has 0 bridgehead atoms. The molecule has 0 amide bonds. The number of hydrogen-bond acceptors (Lipinski definition) is 2. The van der Waals surface area contributed by atoms with Crippen LogP contribution in [0.3, 0.4) is 0 Å². The van der Waals surface area contributed by atoms with Crippen molar-refractivity contribution in [1.29, 1.82) is 0 Å². The molecule has 0 aromatic heterocycles. The third kappa shape index (κ3) is 4.90. The van der Waals surface area contributed by atoms with Crippen LogP contribution in [-0.4, -0.2) is 5.97 Å². The molecule has 4 aromatic carbocycles. The summed E-state index contributed by atoms with van der Waals surface area (Å²) in [6.07, 6.45) is 1.05. The van der Waals surface area contributed by atoms with Crippen LogP contribution in [0.15, 0.2) is 84.9 Å². The zero-order valence-electron chi connectivity index (χ0n) is 18.9. The second-order valence-electron chi connectivity index (χ2n) is 8.77. The Morgan fingerprint density at radius 1 is 0.875 bits per heavy atom. The standard InChI is InChI=1S/C20H19O2.C9H11.Co/c1-20(2,3)19(21)22-13-18-16-10-6-4-8-14(16)12-15-9-5-7-11-17(15)18;1-2-6-9-7-4-3-5-8-9;/h4-12H,1,13H2,2-3H3;3-8H,2H2,1H3;. The summed E-state index contributed by atoms with van der Waals surface area (Å²) in [6, 6.07) is 29.4.